The third-order valence-electron chi connectivity index (χ3n) is 23.0. The summed E-state index contributed by atoms with van der Waals surface area (Å²) in [5.74, 6) is 0. The maximum absolute atomic E-state index is 2.49. The molecule has 110 heavy (non-hydrogen) atoms. The largest absolute Gasteiger partial charge is 0.309 e. The smallest absolute Gasteiger partial charge is 0.0556 e. The van der Waals surface area contributed by atoms with Gasteiger partial charge in [0, 0.05) is 106 Å². The Morgan fingerprint density at radius 2 is 0.527 bits per heavy atom. The zero-order valence-corrected chi connectivity index (χ0v) is 61.2. The molecule has 0 radical (unpaired) electrons. The van der Waals surface area contributed by atoms with Gasteiger partial charge in [-0.2, -0.15) is 0 Å². The minimum Gasteiger partial charge on any atom is -0.309 e. The van der Waals surface area contributed by atoms with Gasteiger partial charge in [-0.1, -0.05) is 261 Å². The maximum Gasteiger partial charge on any atom is 0.0556 e. The van der Waals surface area contributed by atoms with E-state index < -0.39 is 0 Å². The molecule has 24 aromatic rings. The molecule has 0 atom stereocenters. The summed E-state index contributed by atoms with van der Waals surface area (Å²) in [6, 6.07) is 143. The fraction of sp³-hybridized carbons (Fsp3) is 0. The maximum atomic E-state index is 2.49. The minimum atomic E-state index is 1.16. The van der Waals surface area contributed by atoms with Gasteiger partial charge in [0.25, 0.3) is 0 Å². The van der Waals surface area contributed by atoms with E-state index in [1.807, 2.05) is 22.7 Å². The third kappa shape index (κ3) is 9.70. The van der Waals surface area contributed by atoms with Gasteiger partial charge in [-0.3, -0.25) is 0 Å². The Morgan fingerprint density at radius 1 is 0.164 bits per heavy atom. The SMILES string of the molecule is c1ccc(-c2cccc(-n3c4ccccc4c4cc(-c5ccc6c(c5)c5c7c(ccc5n6-c5cccc6ccccc56)sc5ccccc57)ccc43)c2)cc1.c1ccc(-c2cccc(-n3c4ccccc4c4cc(-c5ccc6c(c5)c5c7sc8ccccc8c7ccc5n6-c5cccc6ccccc56)ccc43)c2)cc1. The molecule has 0 spiro atoms. The molecule has 0 aliphatic heterocycles. The molecule has 0 saturated carbocycles. The first-order valence-electron chi connectivity index (χ1n) is 37.7. The monoisotopic (exact) mass is 1430 g/mol. The average Bonchev–Trinajstić information content (AvgIpc) is 1.56. The molecule has 6 heterocycles. The van der Waals surface area contributed by atoms with Crippen molar-refractivity contribution >= 4 is 172 Å². The molecule has 0 aliphatic carbocycles. The first kappa shape index (κ1) is 62.3. The van der Waals surface area contributed by atoms with E-state index in [9.17, 15) is 0 Å². The van der Waals surface area contributed by atoms with Crippen molar-refractivity contribution < 1.29 is 0 Å². The molecule has 0 aliphatic rings. The Bertz CT molecular complexity index is 7900. The van der Waals surface area contributed by atoms with Gasteiger partial charge in [0.15, 0.2) is 0 Å². The van der Waals surface area contributed by atoms with Crippen LogP contribution in [-0.2, 0) is 0 Å². The van der Waals surface area contributed by atoms with Crippen LogP contribution >= 0.6 is 22.7 Å². The number of benzene rings is 18. The number of fused-ring (bicyclic) bond motifs is 22. The fourth-order valence-electron chi connectivity index (χ4n) is 18.1. The van der Waals surface area contributed by atoms with E-state index >= 15 is 0 Å². The van der Waals surface area contributed by atoms with Crippen LogP contribution in [0.4, 0.5) is 0 Å². The fourth-order valence-corrected chi connectivity index (χ4v) is 20.4. The molecule has 0 unspecified atom stereocenters. The topological polar surface area (TPSA) is 19.7 Å². The third-order valence-corrected chi connectivity index (χ3v) is 25.3. The van der Waals surface area contributed by atoms with Gasteiger partial charge in [0.1, 0.15) is 0 Å². The Kier molecular flexibility index (Phi) is 14.1. The van der Waals surface area contributed by atoms with Crippen molar-refractivity contribution in [3.05, 3.63) is 388 Å². The Morgan fingerprint density at radius 3 is 1.06 bits per heavy atom. The van der Waals surface area contributed by atoms with Gasteiger partial charge < -0.3 is 18.3 Å². The molecule has 512 valence electrons. The quantitative estimate of drug-likeness (QED) is 0.144. The number of thiophene rings is 2. The summed E-state index contributed by atoms with van der Waals surface area (Å²) in [6.45, 7) is 0. The zero-order valence-electron chi connectivity index (χ0n) is 59.6. The molecule has 0 N–H and O–H groups in total. The van der Waals surface area contributed by atoms with Gasteiger partial charge in [-0.05, 0) is 183 Å². The van der Waals surface area contributed by atoms with E-state index in [4.69, 9.17) is 0 Å². The van der Waals surface area contributed by atoms with Crippen LogP contribution in [-0.4, -0.2) is 18.3 Å². The second-order valence-corrected chi connectivity index (χ2v) is 31.1. The second-order valence-electron chi connectivity index (χ2n) is 29.0. The van der Waals surface area contributed by atoms with Crippen LogP contribution in [0.5, 0.6) is 0 Å². The molecule has 0 amide bonds. The standard InChI is InChI=1S/2C52H32N2S/c1-2-12-33(13-3-1)35-16-10-17-38(30-35)53-46-21-8-6-19-40(46)43-31-36(24-27-47(43)53)37-25-28-48-44(32-37)51-49(29-26-42-41-20-7-9-23-50(41)55-52(42)51)54(48)45-22-11-15-34-14-4-5-18-39(34)45;1-2-12-33(13-3-1)35-16-10-17-38(30-35)53-45-21-8-6-19-40(45)42-31-36(24-26-46(42)53)37-25-27-47-43(32-37)51-48(28-29-50-52(51)41-20-7-9-23-49(41)55-50)54(47)44-22-11-15-34-14-4-5-18-39(34)44/h2*1-32H. The average molecular weight is 1430 g/mol. The molecule has 0 fully saturated rings. The number of para-hydroxylation sites is 2. The number of hydrogen-bond acceptors (Lipinski definition) is 2. The van der Waals surface area contributed by atoms with Crippen LogP contribution in [0.15, 0.2) is 388 Å². The molecule has 18 aromatic carbocycles. The summed E-state index contributed by atoms with van der Waals surface area (Å²) in [7, 11) is 0. The Balaban J connectivity index is 0.000000132. The molecule has 6 heteroatoms. The lowest BCUT2D eigenvalue weighted by molar-refractivity contribution is 1.18. The van der Waals surface area contributed by atoms with Crippen LogP contribution in [0.1, 0.15) is 0 Å². The van der Waals surface area contributed by atoms with Crippen LogP contribution in [0.3, 0.4) is 0 Å². The zero-order chi connectivity index (χ0) is 72.1. The lowest BCUT2D eigenvalue weighted by atomic mass is 9.99. The highest BCUT2D eigenvalue weighted by atomic mass is 32.1. The highest BCUT2D eigenvalue weighted by molar-refractivity contribution is 7.27. The van der Waals surface area contributed by atoms with Crippen molar-refractivity contribution in [3.8, 4) is 67.3 Å². The molecule has 0 bridgehead atoms. The summed E-state index contributed by atoms with van der Waals surface area (Å²) in [5, 5.41) is 20.5. The van der Waals surface area contributed by atoms with Gasteiger partial charge in [0.2, 0.25) is 0 Å². The lowest BCUT2D eigenvalue weighted by Gasteiger charge is -2.12. The van der Waals surface area contributed by atoms with E-state index in [-0.39, 0.29) is 0 Å². The number of rotatable bonds is 8. The van der Waals surface area contributed by atoms with Crippen LogP contribution in [0.25, 0.3) is 216 Å². The molecule has 24 rings (SSSR count). The first-order chi connectivity index (χ1) is 54.6. The van der Waals surface area contributed by atoms with Crippen molar-refractivity contribution in [3.63, 3.8) is 0 Å². The number of nitrogens with zero attached hydrogens (tertiary/aromatic N) is 4. The van der Waals surface area contributed by atoms with Crippen molar-refractivity contribution in [2.45, 2.75) is 0 Å². The molecular weight excluding hydrogens is 1370 g/mol. The lowest BCUT2D eigenvalue weighted by Crippen LogP contribution is -1.95. The van der Waals surface area contributed by atoms with E-state index in [2.05, 4.69) is 407 Å². The van der Waals surface area contributed by atoms with Gasteiger partial charge in [0.05, 0.1) is 55.5 Å². The van der Waals surface area contributed by atoms with Gasteiger partial charge in [-0.25, -0.2) is 0 Å². The van der Waals surface area contributed by atoms with Crippen LogP contribution < -0.4 is 0 Å². The highest BCUT2D eigenvalue weighted by Crippen LogP contribution is 2.49. The Hall–Kier alpha value is -13.9. The van der Waals surface area contributed by atoms with Gasteiger partial charge in [-0.15, -0.1) is 22.7 Å². The minimum absolute atomic E-state index is 1.16. The summed E-state index contributed by atoms with van der Waals surface area (Å²) < 4.78 is 15.1. The molecule has 4 nitrogen and oxygen atoms in total. The predicted molar refractivity (Wildman–Crippen MR) is 473 cm³/mol. The van der Waals surface area contributed by atoms with Crippen molar-refractivity contribution in [1.29, 1.82) is 0 Å². The Labute approximate surface area is 640 Å². The number of hydrogen-bond donors (Lipinski definition) is 0. The number of aromatic nitrogens is 4. The normalized spacial score (nSPS) is 12.0. The molecular formula is C104H64N4S2. The van der Waals surface area contributed by atoms with Crippen molar-refractivity contribution in [2.75, 3.05) is 0 Å². The summed E-state index contributed by atoms with van der Waals surface area (Å²) in [5.41, 5.74) is 24.2. The first-order valence-corrected chi connectivity index (χ1v) is 39.3. The van der Waals surface area contributed by atoms with E-state index in [0.717, 1.165) is 11.4 Å². The van der Waals surface area contributed by atoms with Crippen molar-refractivity contribution in [1.82, 2.24) is 18.3 Å². The molecule has 0 saturated heterocycles. The predicted octanol–water partition coefficient (Wildman–Crippen LogP) is 29.5. The van der Waals surface area contributed by atoms with E-state index in [1.165, 1.54) is 205 Å². The van der Waals surface area contributed by atoms with Gasteiger partial charge >= 0.3 is 0 Å². The van der Waals surface area contributed by atoms with E-state index in [1.54, 1.807) is 0 Å². The molecule has 6 aromatic heterocycles. The van der Waals surface area contributed by atoms with Crippen LogP contribution in [0.2, 0.25) is 0 Å². The summed E-state index contributed by atoms with van der Waals surface area (Å²) in [6.07, 6.45) is 0. The second kappa shape index (κ2) is 24.9. The summed E-state index contributed by atoms with van der Waals surface area (Å²) >= 11 is 3.79. The van der Waals surface area contributed by atoms with E-state index in [0.29, 0.717) is 0 Å². The van der Waals surface area contributed by atoms with Crippen LogP contribution in [0, 0.1) is 0 Å². The highest BCUT2D eigenvalue weighted by Gasteiger charge is 2.24. The van der Waals surface area contributed by atoms with Crippen molar-refractivity contribution in [2.24, 2.45) is 0 Å². The summed E-state index contributed by atoms with van der Waals surface area (Å²) in [4.78, 5) is 0.